The first-order valence-corrected chi connectivity index (χ1v) is 6.54. The second-order valence-electron chi connectivity index (χ2n) is 5.34. The normalized spacial score (nSPS) is 21.2. The maximum Gasteiger partial charge on any atom is 0.310 e. The fraction of sp³-hybridized carbons (Fsp3) is 0.467. The van der Waals surface area contributed by atoms with E-state index in [9.17, 15) is 9.59 Å². The summed E-state index contributed by atoms with van der Waals surface area (Å²) in [6.45, 7) is 3.97. The van der Waals surface area contributed by atoms with Crippen molar-refractivity contribution in [1.29, 1.82) is 0 Å². The van der Waals surface area contributed by atoms with Crippen molar-refractivity contribution < 1.29 is 14.3 Å². The van der Waals surface area contributed by atoms with Crippen LogP contribution < -0.4 is 5.73 Å². The summed E-state index contributed by atoms with van der Waals surface area (Å²) >= 11 is 0. The Balaban J connectivity index is 1.91. The smallest absolute Gasteiger partial charge is 0.310 e. The first kappa shape index (κ1) is 13.6. The van der Waals surface area contributed by atoms with Crippen molar-refractivity contribution in [2.75, 3.05) is 6.61 Å². The average molecular weight is 261 g/mol. The van der Waals surface area contributed by atoms with Crippen LogP contribution in [0.4, 0.5) is 0 Å². The number of carbonyl (C=O) groups is 2. The summed E-state index contributed by atoms with van der Waals surface area (Å²) in [6, 6.07) is 8.34. The van der Waals surface area contributed by atoms with Gasteiger partial charge in [-0.1, -0.05) is 38.1 Å². The van der Waals surface area contributed by atoms with E-state index in [0.29, 0.717) is 5.92 Å². The van der Waals surface area contributed by atoms with Crippen LogP contribution in [0.1, 0.15) is 43.2 Å². The molecule has 2 rings (SSSR count). The minimum Gasteiger partial charge on any atom is -0.455 e. The van der Waals surface area contributed by atoms with Gasteiger partial charge in [-0.3, -0.25) is 9.59 Å². The lowest BCUT2D eigenvalue weighted by Crippen LogP contribution is -2.21. The van der Waals surface area contributed by atoms with E-state index in [1.54, 1.807) is 0 Å². The number of amides is 1. The summed E-state index contributed by atoms with van der Waals surface area (Å²) in [5.41, 5.74) is 7.38. The molecule has 1 aliphatic rings. The third-order valence-electron chi connectivity index (χ3n) is 3.48. The van der Waals surface area contributed by atoms with Gasteiger partial charge in [-0.25, -0.2) is 0 Å². The van der Waals surface area contributed by atoms with Crippen molar-refractivity contribution in [2.24, 2.45) is 11.7 Å². The third kappa shape index (κ3) is 3.34. The zero-order chi connectivity index (χ0) is 14.0. The standard InChI is InChI=1S/C15H19NO3/c1-9(2)10-3-5-11(6-4-10)12-7-13(12)15(18)19-8-14(16)17/h3-6,9,12-13H,7-8H2,1-2H3,(H2,16,17)/t12-,13+/m0/s1. The second kappa shape index (κ2) is 5.43. The molecule has 1 amide bonds. The van der Waals surface area contributed by atoms with Crippen LogP contribution in [0.15, 0.2) is 24.3 Å². The molecule has 1 aliphatic carbocycles. The summed E-state index contributed by atoms with van der Waals surface area (Å²) in [6.07, 6.45) is 0.790. The highest BCUT2D eigenvalue weighted by Gasteiger charge is 2.45. The molecule has 0 unspecified atom stereocenters. The van der Waals surface area contributed by atoms with E-state index in [2.05, 4.69) is 38.1 Å². The van der Waals surface area contributed by atoms with Gasteiger partial charge >= 0.3 is 5.97 Å². The molecule has 0 heterocycles. The second-order valence-corrected chi connectivity index (χ2v) is 5.34. The van der Waals surface area contributed by atoms with Gasteiger partial charge in [-0.2, -0.15) is 0 Å². The van der Waals surface area contributed by atoms with Crippen LogP contribution in [0.5, 0.6) is 0 Å². The Morgan fingerprint density at radius 1 is 1.32 bits per heavy atom. The van der Waals surface area contributed by atoms with Gasteiger partial charge in [0.25, 0.3) is 5.91 Å². The van der Waals surface area contributed by atoms with Gasteiger partial charge < -0.3 is 10.5 Å². The van der Waals surface area contributed by atoms with Crippen LogP contribution in [-0.4, -0.2) is 18.5 Å². The van der Waals surface area contributed by atoms with Gasteiger partial charge in [0, 0.05) is 0 Å². The van der Waals surface area contributed by atoms with Crippen molar-refractivity contribution in [2.45, 2.75) is 32.1 Å². The molecule has 102 valence electrons. The zero-order valence-electron chi connectivity index (χ0n) is 11.3. The quantitative estimate of drug-likeness (QED) is 0.823. The minimum atomic E-state index is -0.619. The summed E-state index contributed by atoms with van der Waals surface area (Å²) in [4.78, 5) is 22.2. The summed E-state index contributed by atoms with van der Waals surface area (Å²) in [5, 5.41) is 0. The molecule has 0 saturated heterocycles. The first-order valence-electron chi connectivity index (χ1n) is 6.54. The maximum atomic E-state index is 11.6. The predicted molar refractivity (Wildman–Crippen MR) is 71.5 cm³/mol. The number of hydrogen-bond acceptors (Lipinski definition) is 3. The Bertz CT molecular complexity index is 479. The fourth-order valence-corrected chi connectivity index (χ4v) is 2.20. The van der Waals surface area contributed by atoms with Gasteiger partial charge in [0.2, 0.25) is 0 Å². The number of primary amides is 1. The molecule has 1 saturated carbocycles. The number of ether oxygens (including phenoxy) is 1. The van der Waals surface area contributed by atoms with Crippen LogP contribution in [0.25, 0.3) is 0 Å². The topological polar surface area (TPSA) is 69.4 Å². The summed E-state index contributed by atoms with van der Waals surface area (Å²) in [5.74, 6) is -0.334. The minimum absolute atomic E-state index is 0.121. The molecule has 1 fully saturated rings. The monoisotopic (exact) mass is 261 g/mol. The fourth-order valence-electron chi connectivity index (χ4n) is 2.20. The number of carbonyl (C=O) groups excluding carboxylic acids is 2. The van der Waals surface area contributed by atoms with Gasteiger partial charge in [-0.05, 0) is 29.4 Å². The predicted octanol–water partition coefficient (Wildman–Crippen LogP) is 1.94. The lowest BCUT2D eigenvalue weighted by atomic mass is 10.00. The Kier molecular flexibility index (Phi) is 3.88. The maximum absolute atomic E-state index is 11.6. The van der Waals surface area contributed by atoms with E-state index >= 15 is 0 Å². The van der Waals surface area contributed by atoms with Crippen molar-refractivity contribution >= 4 is 11.9 Å². The molecule has 2 N–H and O–H groups in total. The molecular weight excluding hydrogens is 242 g/mol. The van der Waals surface area contributed by atoms with Crippen LogP contribution in [-0.2, 0) is 14.3 Å². The van der Waals surface area contributed by atoms with Crippen molar-refractivity contribution in [3.63, 3.8) is 0 Å². The average Bonchev–Trinajstić information content (AvgIpc) is 3.16. The van der Waals surface area contributed by atoms with Gasteiger partial charge in [0.15, 0.2) is 6.61 Å². The molecule has 1 aromatic rings. The lowest BCUT2D eigenvalue weighted by Gasteiger charge is -2.06. The Labute approximate surface area is 112 Å². The van der Waals surface area contributed by atoms with E-state index in [1.165, 1.54) is 5.56 Å². The highest BCUT2D eigenvalue weighted by Crippen LogP contribution is 2.48. The van der Waals surface area contributed by atoms with Gasteiger partial charge in [-0.15, -0.1) is 0 Å². The number of hydrogen-bond donors (Lipinski definition) is 1. The largest absolute Gasteiger partial charge is 0.455 e. The van der Waals surface area contributed by atoms with E-state index in [4.69, 9.17) is 10.5 Å². The van der Waals surface area contributed by atoms with Crippen LogP contribution >= 0.6 is 0 Å². The number of esters is 1. The molecule has 0 aromatic heterocycles. The van der Waals surface area contributed by atoms with Gasteiger partial charge in [0.05, 0.1) is 5.92 Å². The molecular formula is C15H19NO3. The molecule has 0 radical (unpaired) electrons. The zero-order valence-corrected chi connectivity index (χ0v) is 11.3. The van der Waals surface area contributed by atoms with Crippen LogP contribution in [0.2, 0.25) is 0 Å². The van der Waals surface area contributed by atoms with Crippen LogP contribution in [0.3, 0.4) is 0 Å². The highest BCUT2D eigenvalue weighted by molar-refractivity contribution is 5.82. The van der Waals surface area contributed by atoms with Crippen molar-refractivity contribution in [3.05, 3.63) is 35.4 Å². The Morgan fingerprint density at radius 2 is 1.95 bits per heavy atom. The molecule has 4 heteroatoms. The van der Waals surface area contributed by atoms with Crippen molar-refractivity contribution in [3.8, 4) is 0 Å². The molecule has 0 bridgehead atoms. The molecule has 1 aromatic carbocycles. The summed E-state index contributed by atoms with van der Waals surface area (Å²) < 4.78 is 4.83. The molecule has 0 spiro atoms. The molecule has 2 atom stereocenters. The van der Waals surface area contributed by atoms with Crippen molar-refractivity contribution in [1.82, 2.24) is 0 Å². The van der Waals surface area contributed by atoms with E-state index in [0.717, 1.165) is 12.0 Å². The number of rotatable bonds is 5. The summed E-state index contributed by atoms with van der Waals surface area (Å²) in [7, 11) is 0. The number of nitrogens with two attached hydrogens (primary N) is 1. The molecule has 0 aliphatic heterocycles. The lowest BCUT2D eigenvalue weighted by molar-refractivity contribution is -0.149. The van der Waals surface area contributed by atoms with Crippen LogP contribution in [0, 0.1) is 5.92 Å². The Morgan fingerprint density at radius 3 is 2.47 bits per heavy atom. The van der Waals surface area contributed by atoms with E-state index in [-0.39, 0.29) is 24.4 Å². The SMILES string of the molecule is CC(C)c1ccc([C@@H]2C[C@H]2C(=O)OCC(N)=O)cc1. The Hall–Kier alpha value is -1.84. The highest BCUT2D eigenvalue weighted by atomic mass is 16.5. The molecule has 19 heavy (non-hydrogen) atoms. The first-order chi connectivity index (χ1) is 8.99. The van der Waals surface area contributed by atoms with E-state index < -0.39 is 5.91 Å². The number of benzene rings is 1. The van der Waals surface area contributed by atoms with Gasteiger partial charge in [0.1, 0.15) is 0 Å². The third-order valence-corrected chi connectivity index (χ3v) is 3.48. The molecule has 4 nitrogen and oxygen atoms in total. The van der Waals surface area contributed by atoms with E-state index in [1.807, 2.05) is 0 Å².